The van der Waals surface area contributed by atoms with E-state index in [9.17, 15) is 27.2 Å². The Bertz CT molecular complexity index is 904. The first kappa shape index (κ1) is 18.5. The molecule has 1 heterocycles. The van der Waals surface area contributed by atoms with Gasteiger partial charge in [-0.3, -0.25) is 9.59 Å². The average Bonchev–Trinajstić information content (AvgIpc) is 2.87. The molecule has 0 saturated heterocycles. The maximum atomic E-state index is 13.5. The van der Waals surface area contributed by atoms with Crippen molar-refractivity contribution < 1.29 is 36.6 Å². The topological polar surface area (TPSA) is 76.7 Å². The van der Waals surface area contributed by atoms with Crippen molar-refractivity contribution in [3.8, 4) is 11.5 Å². The van der Waals surface area contributed by atoms with Gasteiger partial charge in [-0.25, -0.2) is 8.78 Å². The molecule has 2 amide bonds. The minimum Gasteiger partial charge on any atom is -0.395 e. The highest BCUT2D eigenvalue weighted by atomic mass is 19.3. The number of fused-ring (bicyclic) bond motifs is 1. The molecule has 2 N–H and O–H groups in total. The monoisotopic (exact) mass is 384 g/mol. The van der Waals surface area contributed by atoms with Crippen molar-refractivity contribution in [1.29, 1.82) is 0 Å². The Kier molecular flexibility index (Phi) is 4.89. The Balaban J connectivity index is 1.50. The van der Waals surface area contributed by atoms with E-state index in [1.54, 1.807) is 0 Å². The van der Waals surface area contributed by atoms with Crippen LogP contribution in [0.25, 0.3) is 0 Å². The fourth-order valence-corrected chi connectivity index (χ4v) is 2.31. The SMILES string of the molecule is O=C(CCNC(=O)c1ccc(F)cc1F)Nc1ccc2c(c1)OC(F)(F)O2. The summed E-state index contributed by atoms with van der Waals surface area (Å²) in [6.45, 7) is -0.121. The Morgan fingerprint density at radius 3 is 2.48 bits per heavy atom. The van der Waals surface area contributed by atoms with Crippen molar-refractivity contribution in [2.75, 3.05) is 11.9 Å². The van der Waals surface area contributed by atoms with E-state index in [0.29, 0.717) is 6.07 Å². The van der Waals surface area contributed by atoms with Crippen LogP contribution in [0.4, 0.5) is 23.2 Å². The summed E-state index contributed by atoms with van der Waals surface area (Å²) in [5.74, 6) is -3.55. The largest absolute Gasteiger partial charge is 0.586 e. The molecule has 1 aliphatic heterocycles. The number of amides is 2. The second-order valence-corrected chi connectivity index (χ2v) is 5.51. The minimum absolute atomic E-state index is 0.121. The molecule has 10 heteroatoms. The molecule has 27 heavy (non-hydrogen) atoms. The van der Waals surface area contributed by atoms with Gasteiger partial charge in [-0.05, 0) is 24.3 Å². The summed E-state index contributed by atoms with van der Waals surface area (Å²) in [5, 5.41) is 4.76. The molecule has 0 fully saturated rings. The molecule has 2 aromatic rings. The van der Waals surface area contributed by atoms with Crippen molar-refractivity contribution in [2.45, 2.75) is 12.7 Å². The predicted octanol–water partition coefficient (Wildman–Crippen LogP) is 3.04. The average molecular weight is 384 g/mol. The van der Waals surface area contributed by atoms with Gasteiger partial charge in [0.25, 0.3) is 5.91 Å². The van der Waals surface area contributed by atoms with Crippen LogP contribution in [0.5, 0.6) is 11.5 Å². The Labute approximate surface area is 150 Å². The van der Waals surface area contributed by atoms with Crippen molar-refractivity contribution >= 4 is 17.5 Å². The number of hydrogen-bond donors (Lipinski definition) is 2. The zero-order valence-corrected chi connectivity index (χ0v) is 13.5. The molecule has 0 unspecified atom stereocenters. The zero-order chi connectivity index (χ0) is 19.6. The molecule has 0 bridgehead atoms. The second-order valence-electron chi connectivity index (χ2n) is 5.51. The van der Waals surface area contributed by atoms with Crippen molar-refractivity contribution in [3.63, 3.8) is 0 Å². The Hall–Kier alpha value is -3.30. The summed E-state index contributed by atoms with van der Waals surface area (Å²) < 4.78 is 60.7. The highest BCUT2D eigenvalue weighted by Crippen LogP contribution is 2.42. The molecule has 1 aliphatic rings. The van der Waals surface area contributed by atoms with E-state index in [-0.39, 0.29) is 35.7 Å². The van der Waals surface area contributed by atoms with Gasteiger partial charge in [0.05, 0.1) is 5.56 Å². The Morgan fingerprint density at radius 2 is 1.74 bits per heavy atom. The summed E-state index contributed by atoms with van der Waals surface area (Å²) >= 11 is 0. The quantitative estimate of drug-likeness (QED) is 0.777. The van der Waals surface area contributed by atoms with Crippen LogP contribution in [0.1, 0.15) is 16.8 Å². The standard InChI is InChI=1S/C17H12F4N2O4/c18-9-1-3-11(12(19)7-9)16(25)22-6-5-15(24)23-10-2-4-13-14(8-10)27-17(20,21)26-13/h1-4,7-8H,5-6H2,(H,22,25)(H,23,24). The van der Waals surface area contributed by atoms with Gasteiger partial charge in [-0.1, -0.05) is 0 Å². The van der Waals surface area contributed by atoms with Gasteiger partial charge in [0.2, 0.25) is 5.91 Å². The fraction of sp³-hybridized carbons (Fsp3) is 0.176. The van der Waals surface area contributed by atoms with Crippen molar-refractivity contribution in [2.24, 2.45) is 0 Å². The molecule has 3 rings (SSSR count). The molecule has 0 saturated carbocycles. The molecular weight excluding hydrogens is 372 g/mol. The van der Waals surface area contributed by atoms with E-state index in [0.717, 1.165) is 12.1 Å². The third-order valence-corrected chi connectivity index (χ3v) is 3.50. The van der Waals surface area contributed by atoms with Gasteiger partial charge < -0.3 is 20.1 Å². The van der Waals surface area contributed by atoms with E-state index >= 15 is 0 Å². The number of benzene rings is 2. The molecule has 0 spiro atoms. The van der Waals surface area contributed by atoms with Crippen LogP contribution < -0.4 is 20.1 Å². The van der Waals surface area contributed by atoms with Gasteiger partial charge in [0.1, 0.15) is 11.6 Å². The smallest absolute Gasteiger partial charge is 0.395 e. The summed E-state index contributed by atoms with van der Waals surface area (Å²) in [4.78, 5) is 23.7. The highest BCUT2D eigenvalue weighted by Gasteiger charge is 2.43. The number of ether oxygens (including phenoxy) is 2. The maximum Gasteiger partial charge on any atom is 0.586 e. The molecule has 0 radical (unpaired) electrons. The predicted molar refractivity (Wildman–Crippen MR) is 84.6 cm³/mol. The van der Waals surface area contributed by atoms with Crippen LogP contribution in [-0.2, 0) is 4.79 Å². The number of alkyl halides is 2. The van der Waals surface area contributed by atoms with Crippen LogP contribution >= 0.6 is 0 Å². The highest BCUT2D eigenvalue weighted by molar-refractivity contribution is 5.95. The lowest BCUT2D eigenvalue weighted by Gasteiger charge is -2.08. The number of nitrogens with one attached hydrogen (secondary N) is 2. The van der Waals surface area contributed by atoms with Crippen LogP contribution in [0.2, 0.25) is 0 Å². The van der Waals surface area contributed by atoms with E-state index in [1.165, 1.54) is 18.2 Å². The van der Waals surface area contributed by atoms with Crippen molar-refractivity contribution in [1.82, 2.24) is 5.32 Å². The van der Waals surface area contributed by atoms with Gasteiger partial charge in [-0.15, -0.1) is 8.78 Å². The number of hydrogen-bond acceptors (Lipinski definition) is 4. The summed E-state index contributed by atoms with van der Waals surface area (Å²) in [5.41, 5.74) is -0.163. The third-order valence-electron chi connectivity index (χ3n) is 3.50. The molecule has 6 nitrogen and oxygen atoms in total. The zero-order valence-electron chi connectivity index (χ0n) is 13.5. The van der Waals surface area contributed by atoms with Gasteiger partial charge in [0.15, 0.2) is 11.5 Å². The lowest BCUT2D eigenvalue weighted by Crippen LogP contribution is -2.28. The number of halogens is 4. The summed E-state index contributed by atoms with van der Waals surface area (Å²) in [6.07, 6.45) is -3.93. The normalized spacial score (nSPS) is 13.9. The first-order chi connectivity index (χ1) is 12.7. The molecule has 2 aromatic carbocycles. The molecular formula is C17H12F4N2O4. The first-order valence-corrected chi connectivity index (χ1v) is 7.66. The minimum atomic E-state index is -3.76. The molecule has 142 valence electrons. The van der Waals surface area contributed by atoms with Crippen molar-refractivity contribution in [3.05, 3.63) is 53.6 Å². The lowest BCUT2D eigenvalue weighted by atomic mass is 10.2. The van der Waals surface area contributed by atoms with Crippen LogP contribution in [0.15, 0.2) is 36.4 Å². The van der Waals surface area contributed by atoms with E-state index in [2.05, 4.69) is 20.1 Å². The number of carbonyl (C=O) groups excluding carboxylic acids is 2. The van der Waals surface area contributed by atoms with Gasteiger partial charge in [-0.2, -0.15) is 0 Å². The van der Waals surface area contributed by atoms with Crippen LogP contribution in [-0.4, -0.2) is 24.7 Å². The summed E-state index contributed by atoms with van der Waals surface area (Å²) in [6, 6.07) is 6.22. The number of carbonyl (C=O) groups is 2. The van der Waals surface area contributed by atoms with Gasteiger partial charge >= 0.3 is 6.29 Å². The van der Waals surface area contributed by atoms with E-state index < -0.39 is 29.7 Å². The molecule has 0 atom stereocenters. The van der Waals surface area contributed by atoms with E-state index in [4.69, 9.17) is 0 Å². The first-order valence-electron chi connectivity index (χ1n) is 7.66. The number of anilines is 1. The van der Waals surface area contributed by atoms with E-state index in [1.807, 2.05) is 0 Å². The van der Waals surface area contributed by atoms with Gasteiger partial charge in [0, 0.05) is 30.8 Å². The summed E-state index contributed by atoms with van der Waals surface area (Å²) in [7, 11) is 0. The third kappa shape index (κ3) is 4.46. The molecule has 0 aromatic heterocycles. The maximum absolute atomic E-state index is 13.5. The van der Waals surface area contributed by atoms with Crippen LogP contribution in [0, 0.1) is 11.6 Å². The Morgan fingerprint density at radius 1 is 1.00 bits per heavy atom. The molecule has 0 aliphatic carbocycles. The second kappa shape index (κ2) is 7.14. The lowest BCUT2D eigenvalue weighted by molar-refractivity contribution is -0.286. The van der Waals surface area contributed by atoms with Crippen LogP contribution in [0.3, 0.4) is 0 Å². The fourth-order valence-electron chi connectivity index (χ4n) is 2.31. The number of rotatable bonds is 5.